The van der Waals surface area contributed by atoms with E-state index in [1.54, 1.807) is 44.3 Å². The van der Waals surface area contributed by atoms with E-state index in [-0.39, 0.29) is 12.5 Å². The maximum Gasteiger partial charge on any atom is 0.341 e. The quantitative estimate of drug-likeness (QED) is 0.215. The average molecular weight is 522 g/mol. The van der Waals surface area contributed by atoms with E-state index in [4.69, 9.17) is 9.47 Å². The van der Waals surface area contributed by atoms with Crippen LogP contribution >= 0.6 is 11.3 Å². The average Bonchev–Trinajstić information content (AvgIpc) is 3.17. The van der Waals surface area contributed by atoms with Crippen LogP contribution in [0.5, 0.6) is 5.75 Å². The topological polar surface area (TPSA) is 106 Å². The molecule has 1 heterocycles. The van der Waals surface area contributed by atoms with E-state index in [1.165, 1.54) is 16.9 Å². The number of carbonyl (C=O) groups is 3. The third-order valence-electron chi connectivity index (χ3n) is 5.67. The SMILES string of the molecule is CCOC(=O)c1c(NC(=O)c2ccc(OC(C)C(=O)N/N=C/c3ccc(CC)cc3)cc2)sc(C)c1C. The molecule has 0 aliphatic carbocycles. The van der Waals surface area contributed by atoms with Crippen LogP contribution in [0.1, 0.15) is 63.1 Å². The normalized spacial score (nSPS) is 11.7. The molecule has 0 aliphatic heterocycles. The Morgan fingerprint density at radius 1 is 1.03 bits per heavy atom. The number of hydrogen-bond acceptors (Lipinski definition) is 7. The summed E-state index contributed by atoms with van der Waals surface area (Å²) in [6.45, 7) is 9.39. The molecule has 9 heteroatoms. The van der Waals surface area contributed by atoms with E-state index in [9.17, 15) is 14.4 Å². The van der Waals surface area contributed by atoms with Gasteiger partial charge in [0.05, 0.1) is 18.4 Å². The summed E-state index contributed by atoms with van der Waals surface area (Å²) in [6, 6.07) is 14.3. The number of esters is 1. The molecule has 1 unspecified atom stereocenters. The number of nitrogens with zero attached hydrogens (tertiary/aromatic N) is 1. The standard InChI is InChI=1S/C28H31N3O5S/c1-6-20-8-10-21(11-9-20)16-29-31-25(32)18(4)36-23-14-12-22(13-15-23)26(33)30-27-24(28(34)35-7-2)17(3)19(5)37-27/h8-16,18H,6-7H2,1-5H3,(H,30,33)(H,31,32)/b29-16+. The van der Waals surface area contributed by atoms with Crippen molar-refractivity contribution in [3.63, 3.8) is 0 Å². The third kappa shape index (κ3) is 7.27. The largest absolute Gasteiger partial charge is 0.481 e. The highest BCUT2D eigenvalue weighted by molar-refractivity contribution is 7.16. The number of benzene rings is 2. The van der Waals surface area contributed by atoms with Gasteiger partial charge in [-0.1, -0.05) is 31.2 Å². The van der Waals surface area contributed by atoms with Crippen molar-refractivity contribution < 1.29 is 23.9 Å². The van der Waals surface area contributed by atoms with Crippen LogP contribution in [0, 0.1) is 13.8 Å². The predicted molar refractivity (Wildman–Crippen MR) is 146 cm³/mol. The first kappa shape index (κ1) is 27.6. The molecule has 1 atom stereocenters. The zero-order valence-corrected chi connectivity index (χ0v) is 22.4. The summed E-state index contributed by atoms with van der Waals surface area (Å²) >= 11 is 1.33. The minimum absolute atomic E-state index is 0.248. The fourth-order valence-corrected chi connectivity index (χ4v) is 4.43. The van der Waals surface area contributed by atoms with Crippen molar-refractivity contribution in [2.75, 3.05) is 11.9 Å². The highest BCUT2D eigenvalue weighted by Gasteiger charge is 2.22. The molecule has 37 heavy (non-hydrogen) atoms. The molecule has 1 aromatic heterocycles. The second-order valence-corrected chi connectivity index (χ2v) is 9.50. The van der Waals surface area contributed by atoms with Crippen molar-refractivity contribution in [2.45, 2.75) is 47.1 Å². The number of amides is 2. The van der Waals surface area contributed by atoms with E-state index in [1.807, 2.05) is 38.1 Å². The van der Waals surface area contributed by atoms with Crippen molar-refractivity contribution >= 4 is 40.3 Å². The molecular formula is C28H31N3O5S. The van der Waals surface area contributed by atoms with Gasteiger partial charge in [-0.3, -0.25) is 9.59 Å². The van der Waals surface area contributed by atoms with Gasteiger partial charge in [-0.05, 0) is 75.1 Å². The first-order chi connectivity index (χ1) is 17.7. The van der Waals surface area contributed by atoms with Gasteiger partial charge in [0.1, 0.15) is 10.8 Å². The Hall–Kier alpha value is -3.98. The summed E-state index contributed by atoms with van der Waals surface area (Å²) in [5.41, 5.74) is 6.11. The first-order valence-electron chi connectivity index (χ1n) is 12.0. The highest BCUT2D eigenvalue weighted by Crippen LogP contribution is 2.33. The second-order valence-electron chi connectivity index (χ2n) is 8.28. The zero-order chi connectivity index (χ0) is 26.9. The molecule has 0 saturated carbocycles. The van der Waals surface area contributed by atoms with Gasteiger partial charge in [-0.25, -0.2) is 10.2 Å². The Bertz CT molecular complexity index is 1280. The Kier molecular flexibility index (Phi) is 9.57. The number of nitrogens with one attached hydrogen (secondary N) is 2. The minimum Gasteiger partial charge on any atom is -0.481 e. The minimum atomic E-state index is -0.802. The number of anilines is 1. The molecule has 2 N–H and O–H groups in total. The third-order valence-corrected chi connectivity index (χ3v) is 6.79. The fourth-order valence-electron chi connectivity index (χ4n) is 3.38. The van der Waals surface area contributed by atoms with Gasteiger partial charge in [-0.15, -0.1) is 11.3 Å². The lowest BCUT2D eigenvalue weighted by Crippen LogP contribution is -2.33. The van der Waals surface area contributed by atoms with E-state index in [0.717, 1.165) is 22.4 Å². The number of hydrazone groups is 1. The van der Waals surface area contributed by atoms with Crippen LogP contribution in [0.4, 0.5) is 5.00 Å². The van der Waals surface area contributed by atoms with Crippen molar-refractivity contribution in [1.29, 1.82) is 0 Å². The Labute approximate surface area is 220 Å². The predicted octanol–water partition coefficient (Wildman–Crippen LogP) is 5.27. The molecule has 2 aromatic carbocycles. The molecule has 194 valence electrons. The van der Waals surface area contributed by atoms with Crippen molar-refractivity contribution in [3.8, 4) is 5.75 Å². The maximum absolute atomic E-state index is 12.8. The second kappa shape index (κ2) is 12.8. The highest BCUT2D eigenvalue weighted by atomic mass is 32.1. The summed E-state index contributed by atoms with van der Waals surface area (Å²) in [5, 5.41) is 7.24. The lowest BCUT2D eigenvalue weighted by molar-refractivity contribution is -0.127. The number of rotatable bonds is 10. The summed E-state index contributed by atoms with van der Waals surface area (Å²) in [6.07, 6.45) is 1.73. The van der Waals surface area contributed by atoms with Crippen LogP contribution in [0.3, 0.4) is 0 Å². The molecule has 0 radical (unpaired) electrons. The van der Waals surface area contributed by atoms with E-state index < -0.39 is 18.0 Å². The molecule has 0 aliphatic rings. The van der Waals surface area contributed by atoms with Crippen LogP contribution in [-0.2, 0) is 16.0 Å². The number of thiophene rings is 1. The summed E-state index contributed by atoms with van der Waals surface area (Å²) in [7, 11) is 0. The Balaban J connectivity index is 1.57. The molecule has 3 rings (SSSR count). The number of hydrogen-bond donors (Lipinski definition) is 2. The summed E-state index contributed by atoms with van der Waals surface area (Å²) < 4.78 is 10.8. The molecule has 8 nitrogen and oxygen atoms in total. The summed E-state index contributed by atoms with van der Waals surface area (Å²) in [4.78, 5) is 38.4. The number of ether oxygens (including phenoxy) is 2. The number of aryl methyl sites for hydroxylation is 2. The van der Waals surface area contributed by atoms with Gasteiger partial charge in [0, 0.05) is 10.4 Å². The first-order valence-corrected chi connectivity index (χ1v) is 12.8. The van der Waals surface area contributed by atoms with Gasteiger partial charge >= 0.3 is 5.97 Å². The molecule has 0 fully saturated rings. The lowest BCUT2D eigenvalue weighted by atomic mass is 10.1. The smallest absolute Gasteiger partial charge is 0.341 e. The van der Waals surface area contributed by atoms with Gasteiger partial charge in [-0.2, -0.15) is 5.10 Å². The van der Waals surface area contributed by atoms with Crippen molar-refractivity contribution in [2.24, 2.45) is 5.10 Å². The molecule has 0 saturated heterocycles. The Morgan fingerprint density at radius 2 is 1.70 bits per heavy atom. The molecule has 0 bridgehead atoms. The van der Waals surface area contributed by atoms with Gasteiger partial charge in [0.2, 0.25) is 0 Å². The molecule has 3 aromatic rings. The van der Waals surface area contributed by atoms with E-state index >= 15 is 0 Å². The van der Waals surface area contributed by atoms with Crippen molar-refractivity contribution in [1.82, 2.24) is 5.43 Å². The molecular weight excluding hydrogens is 490 g/mol. The van der Waals surface area contributed by atoms with Crippen molar-refractivity contribution in [3.05, 3.63) is 81.2 Å². The number of carbonyl (C=O) groups excluding carboxylic acids is 3. The van der Waals surface area contributed by atoms with Gasteiger partial charge < -0.3 is 14.8 Å². The van der Waals surface area contributed by atoms with Crippen LogP contribution < -0.4 is 15.5 Å². The monoisotopic (exact) mass is 521 g/mol. The van der Waals surface area contributed by atoms with E-state index in [2.05, 4.69) is 22.8 Å². The zero-order valence-electron chi connectivity index (χ0n) is 21.6. The lowest BCUT2D eigenvalue weighted by Gasteiger charge is -2.13. The van der Waals surface area contributed by atoms with E-state index in [0.29, 0.717) is 21.9 Å². The van der Waals surface area contributed by atoms with Gasteiger partial charge in [0.25, 0.3) is 11.8 Å². The van der Waals surface area contributed by atoms with Gasteiger partial charge in [0.15, 0.2) is 6.10 Å². The molecule has 0 spiro atoms. The van der Waals surface area contributed by atoms with Crippen LogP contribution in [0.25, 0.3) is 0 Å². The molecule has 2 amide bonds. The maximum atomic E-state index is 12.8. The van der Waals surface area contributed by atoms with Crippen LogP contribution in [0.15, 0.2) is 53.6 Å². The summed E-state index contributed by atoms with van der Waals surface area (Å²) in [5.74, 6) is -0.814. The Morgan fingerprint density at radius 3 is 2.32 bits per heavy atom. The van der Waals surface area contributed by atoms with Crippen LogP contribution in [-0.4, -0.2) is 36.7 Å². The van der Waals surface area contributed by atoms with Crippen LogP contribution in [0.2, 0.25) is 0 Å². The fraction of sp³-hybridized carbons (Fsp3) is 0.286.